The van der Waals surface area contributed by atoms with E-state index < -0.39 is 0 Å². The first-order valence-electron chi connectivity index (χ1n) is 12.3. The number of aromatic nitrogens is 1. The number of allylic oxidation sites excluding steroid dienone is 1. The molecule has 0 N–H and O–H groups in total. The summed E-state index contributed by atoms with van der Waals surface area (Å²) in [5.74, 6) is 2.11. The summed E-state index contributed by atoms with van der Waals surface area (Å²) in [6.45, 7) is 10.9. The van der Waals surface area contributed by atoms with Gasteiger partial charge in [-0.2, -0.15) is 0 Å². The van der Waals surface area contributed by atoms with Crippen LogP contribution in [0.25, 0.3) is 0 Å². The average Bonchev–Trinajstić information content (AvgIpc) is 3.30. The zero-order chi connectivity index (χ0) is 23.2. The summed E-state index contributed by atoms with van der Waals surface area (Å²) in [5, 5.41) is 0. The Labute approximate surface area is 198 Å². The van der Waals surface area contributed by atoms with Crippen LogP contribution in [0, 0.1) is 0 Å². The van der Waals surface area contributed by atoms with Crippen molar-refractivity contribution in [2.75, 3.05) is 40.5 Å². The van der Waals surface area contributed by atoms with Crippen LogP contribution >= 0.6 is 0 Å². The molecule has 33 heavy (non-hydrogen) atoms. The number of likely N-dealkylation sites (N-methyl/N-ethyl adjacent to an activating group) is 1. The highest BCUT2D eigenvalue weighted by Gasteiger charge is 2.50. The van der Waals surface area contributed by atoms with Crippen molar-refractivity contribution in [2.45, 2.75) is 51.2 Å². The average molecular weight is 451 g/mol. The van der Waals surface area contributed by atoms with Gasteiger partial charge < -0.3 is 18.9 Å². The highest BCUT2D eigenvalue weighted by atomic mass is 16.5. The molecule has 6 nitrogen and oxygen atoms in total. The molecule has 1 aromatic carbocycles. The van der Waals surface area contributed by atoms with Crippen LogP contribution in [0.3, 0.4) is 0 Å². The summed E-state index contributed by atoms with van der Waals surface area (Å²) in [5.41, 5.74) is 5.67. The van der Waals surface area contributed by atoms with E-state index in [1.165, 1.54) is 35.4 Å². The van der Waals surface area contributed by atoms with Crippen LogP contribution in [0.4, 0.5) is 0 Å². The second-order valence-corrected chi connectivity index (χ2v) is 9.86. The number of hydrogen-bond donors (Lipinski definition) is 0. The Kier molecular flexibility index (Phi) is 5.91. The molecule has 6 heteroatoms. The van der Waals surface area contributed by atoms with Crippen LogP contribution in [0.1, 0.15) is 49.4 Å². The molecule has 0 unspecified atom stereocenters. The Hall–Kier alpha value is -2.44. The molecule has 178 valence electrons. The Morgan fingerprint density at radius 1 is 1.12 bits per heavy atom. The van der Waals surface area contributed by atoms with Gasteiger partial charge in [-0.1, -0.05) is 19.9 Å². The summed E-state index contributed by atoms with van der Waals surface area (Å²) in [6, 6.07) is 8.62. The Balaban J connectivity index is 1.44. The monoisotopic (exact) mass is 450 g/mol. The molecule has 0 radical (unpaired) electrons. The number of aryl methyl sites for hydroxylation is 1. The van der Waals surface area contributed by atoms with Crippen molar-refractivity contribution >= 4 is 0 Å². The molecule has 1 aromatic heterocycles. The molecule has 3 aliphatic rings. The van der Waals surface area contributed by atoms with Gasteiger partial charge >= 0.3 is 0 Å². The predicted molar refractivity (Wildman–Crippen MR) is 131 cm³/mol. The summed E-state index contributed by atoms with van der Waals surface area (Å²) < 4.78 is 13.6. The zero-order valence-electron chi connectivity index (χ0n) is 20.8. The third-order valence-corrected chi connectivity index (χ3v) is 8.15. The van der Waals surface area contributed by atoms with Gasteiger partial charge in [0.1, 0.15) is 11.5 Å². The molecular formula is C27H38N4O2. The lowest BCUT2D eigenvalue weighted by atomic mass is 9.82. The summed E-state index contributed by atoms with van der Waals surface area (Å²) in [6.07, 6.45) is 7.03. The number of fused-ring (bicyclic) bond motifs is 3. The van der Waals surface area contributed by atoms with Gasteiger partial charge in [0.25, 0.3) is 0 Å². The molecule has 5 rings (SSSR count). The van der Waals surface area contributed by atoms with E-state index in [0.717, 1.165) is 50.9 Å². The van der Waals surface area contributed by atoms with Gasteiger partial charge in [-0.15, -0.1) is 0 Å². The van der Waals surface area contributed by atoms with E-state index in [-0.39, 0.29) is 5.54 Å². The van der Waals surface area contributed by atoms with Gasteiger partial charge in [0.05, 0.1) is 26.4 Å². The maximum absolute atomic E-state index is 5.81. The lowest BCUT2D eigenvalue weighted by molar-refractivity contribution is 0.0710. The lowest BCUT2D eigenvalue weighted by Gasteiger charge is -2.45. The SMILES string of the molecule is CCN1CN2Cc3cc(OC)cc(OC)c3[C@@H](C)C=C2C12CCN(Cc1cccn1C)CC2. The van der Waals surface area contributed by atoms with Crippen LogP contribution in [-0.2, 0) is 20.1 Å². The van der Waals surface area contributed by atoms with Crippen molar-refractivity contribution in [2.24, 2.45) is 7.05 Å². The second-order valence-electron chi connectivity index (χ2n) is 9.86. The normalized spacial score (nSPS) is 22.6. The smallest absolute Gasteiger partial charge is 0.126 e. The molecule has 0 saturated carbocycles. The largest absolute Gasteiger partial charge is 0.497 e. The molecule has 1 atom stereocenters. The van der Waals surface area contributed by atoms with Gasteiger partial charge in [-0.05, 0) is 43.1 Å². The van der Waals surface area contributed by atoms with E-state index in [2.05, 4.69) is 70.6 Å². The van der Waals surface area contributed by atoms with E-state index in [1.54, 1.807) is 14.2 Å². The van der Waals surface area contributed by atoms with E-state index in [1.807, 2.05) is 6.07 Å². The van der Waals surface area contributed by atoms with E-state index in [4.69, 9.17) is 9.47 Å². The van der Waals surface area contributed by atoms with Crippen molar-refractivity contribution in [1.82, 2.24) is 19.3 Å². The summed E-state index contributed by atoms with van der Waals surface area (Å²) >= 11 is 0. The molecule has 0 bridgehead atoms. The molecule has 2 fully saturated rings. The van der Waals surface area contributed by atoms with Gasteiger partial charge in [0.2, 0.25) is 0 Å². The molecule has 2 aromatic rings. The number of rotatable bonds is 5. The standard InChI is InChI=1S/C27H38N4O2/c1-6-31-19-30-17-21-15-23(32-4)16-24(33-5)26(21)20(2)14-25(30)27(31)9-12-29(13-10-27)18-22-8-7-11-28(22)3/h7-8,11,14-16,20H,6,9-10,12-13,17-19H2,1-5H3/t20-/m0/s1. The lowest BCUT2D eigenvalue weighted by Crippen LogP contribution is -2.52. The van der Waals surface area contributed by atoms with Crippen molar-refractivity contribution in [3.05, 3.63) is 59.1 Å². The van der Waals surface area contributed by atoms with Crippen LogP contribution in [0.5, 0.6) is 11.5 Å². The minimum atomic E-state index is 0.132. The minimum Gasteiger partial charge on any atom is -0.497 e. The fourth-order valence-electron chi connectivity index (χ4n) is 6.33. The summed E-state index contributed by atoms with van der Waals surface area (Å²) in [7, 11) is 5.65. The number of ether oxygens (including phenoxy) is 2. The van der Waals surface area contributed by atoms with Gasteiger partial charge in [-0.25, -0.2) is 0 Å². The Morgan fingerprint density at radius 3 is 2.55 bits per heavy atom. The first-order chi connectivity index (χ1) is 16.0. The quantitative estimate of drug-likeness (QED) is 0.683. The Morgan fingerprint density at radius 2 is 1.91 bits per heavy atom. The number of hydrogen-bond acceptors (Lipinski definition) is 5. The van der Waals surface area contributed by atoms with Crippen molar-refractivity contribution in [3.63, 3.8) is 0 Å². The van der Waals surface area contributed by atoms with Gasteiger partial charge in [0, 0.05) is 68.4 Å². The van der Waals surface area contributed by atoms with E-state index in [9.17, 15) is 0 Å². The number of nitrogens with zero attached hydrogens (tertiary/aromatic N) is 4. The zero-order valence-corrected chi connectivity index (χ0v) is 20.8. The molecule has 0 aliphatic carbocycles. The molecule has 1 spiro atoms. The molecule has 0 amide bonds. The van der Waals surface area contributed by atoms with Crippen LogP contribution in [0.15, 0.2) is 42.2 Å². The molecule has 3 aliphatic heterocycles. The van der Waals surface area contributed by atoms with Crippen LogP contribution < -0.4 is 9.47 Å². The number of methoxy groups -OCH3 is 2. The molecule has 2 saturated heterocycles. The number of piperidine rings is 1. The van der Waals surface area contributed by atoms with E-state index in [0.29, 0.717) is 5.92 Å². The van der Waals surface area contributed by atoms with Crippen molar-refractivity contribution in [1.29, 1.82) is 0 Å². The number of likely N-dealkylation sites (tertiary alicyclic amines) is 1. The third-order valence-electron chi connectivity index (χ3n) is 8.15. The highest BCUT2D eigenvalue weighted by molar-refractivity contribution is 5.52. The topological polar surface area (TPSA) is 33.1 Å². The number of benzene rings is 1. The highest BCUT2D eigenvalue weighted by Crippen LogP contribution is 2.48. The maximum atomic E-state index is 5.81. The van der Waals surface area contributed by atoms with Crippen molar-refractivity contribution in [3.8, 4) is 11.5 Å². The third kappa shape index (κ3) is 3.73. The second kappa shape index (κ2) is 8.73. The fourth-order valence-corrected chi connectivity index (χ4v) is 6.33. The fraction of sp³-hybridized carbons (Fsp3) is 0.556. The Bertz CT molecular complexity index is 1030. The van der Waals surface area contributed by atoms with E-state index >= 15 is 0 Å². The van der Waals surface area contributed by atoms with Crippen LogP contribution in [0.2, 0.25) is 0 Å². The first-order valence-corrected chi connectivity index (χ1v) is 12.3. The van der Waals surface area contributed by atoms with Gasteiger partial charge in [-0.3, -0.25) is 9.80 Å². The summed E-state index contributed by atoms with van der Waals surface area (Å²) in [4.78, 5) is 7.95. The predicted octanol–water partition coefficient (Wildman–Crippen LogP) is 4.17. The maximum Gasteiger partial charge on any atom is 0.126 e. The van der Waals surface area contributed by atoms with Gasteiger partial charge in [0.15, 0.2) is 0 Å². The molecular weight excluding hydrogens is 412 g/mol. The minimum absolute atomic E-state index is 0.132. The van der Waals surface area contributed by atoms with Crippen molar-refractivity contribution < 1.29 is 9.47 Å². The first kappa shape index (κ1) is 22.4. The van der Waals surface area contributed by atoms with Crippen LogP contribution in [-0.4, -0.2) is 65.3 Å². The molecule has 4 heterocycles.